The second-order valence-electron chi connectivity index (χ2n) is 4.16. The van der Waals surface area contributed by atoms with Crippen molar-refractivity contribution in [3.63, 3.8) is 0 Å². The number of nitrogens with zero attached hydrogens (tertiary/aromatic N) is 1. The van der Waals surface area contributed by atoms with Crippen molar-refractivity contribution < 1.29 is 13.2 Å². The van der Waals surface area contributed by atoms with Gasteiger partial charge in [-0.2, -0.15) is 17.4 Å². The first-order valence-electron chi connectivity index (χ1n) is 5.98. The standard InChI is InChI=1S/C10H21BrN2O3S/c1-10-4-2-3-7-13(10)17(14,15)12-6-9-16-8-5-11/h10,12H,2-9H2,1H3. The molecule has 0 aliphatic carbocycles. The van der Waals surface area contributed by atoms with Crippen LogP contribution >= 0.6 is 15.9 Å². The quantitative estimate of drug-likeness (QED) is 0.562. The van der Waals surface area contributed by atoms with Crippen molar-refractivity contribution in [2.45, 2.75) is 32.2 Å². The first-order valence-corrected chi connectivity index (χ1v) is 8.54. The Kier molecular flexibility index (Phi) is 6.94. The van der Waals surface area contributed by atoms with Crippen molar-refractivity contribution in [2.75, 3.05) is 31.6 Å². The zero-order valence-corrected chi connectivity index (χ0v) is 12.6. The van der Waals surface area contributed by atoms with E-state index in [-0.39, 0.29) is 6.04 Å². The smallest absolute Gasteiger partial charge is 0.279 e. The monoisotopic (exact) mass is 328 g/mol. The van der Waals surface area contributed by atoms with E-state index in [1.807, 2.05) is 6.92 Å². The summed E-state index contributed by atoms with van der Waals surface area (Å²) < 4.78 is 33.3. The summed E-state index contributed by atoms with van der Waals surface area (Å²) in [5.74, 6) is 0. The third-order valence-corrected chi connectivity index (χ3v) is 4.86. The molecule has 0 aromatic carbocycles. The molecule has 1 N–H and O–H groups in total. The normalized spacial score (nSPS) is 22.8. The molecule has 102 valence electrons. The van der Waals surface area contributed by atoms with Gasteiger partial charge in [0.05, 0.1) is 13.2 Å². The van der Waals surface area contributed by atoms with Crippen LogP contribution in [0.5, 0.6) is 0 Å². The minimum atomic E-state index is -3.33. The van der Waals surface area contributed by atoms with E-state index in [2.05, 4.69) is 20.7 Å². The molecule has 0 amide bonds. The zero-order valence-electron chi connectivity index (χ0n) is 10.2. The summed E-state index contributed by atoms with van der Waals surface area (Å²) in [6, 6.07) is 0.102. The lowest BCUT2D eigenvalue weighted by Crippen LogP contribution is -2.48. The third kappa shape index (κ3) is 5.21. The zero-order chi connectivity index (χ0) is 12.7. The van der Waals surface area contributed by atoms with Crippen LogP contribution in [-0.2, 0) is 14.9 Å². The maximum absolute atomic E-state index is 12.0. The highest BCUT2D eigenvalue weighted by Crippen LogP contribution is 2.18. The highest BCUT2D eigenvalue weighted by Gasteiger charge is 2.28. The van der Waals surface area contributed by atoms with Gasteiger partial charge in [0.25, 0.3) is 10.2 Å². The number of alkyl halides is 1. The molecule has 0 saturated carbocycles. The molecule has 1 saturated heterocycles. The van der Waals surface area contributed by atoms with Crippen molar-refractivity contribution in [3.05, 3.63) is 0 Å². The van der Waals surface area contributed by atoms with Gasteiger partial charge in [0, 0.05) is 24.5 Å². The fourth-order valence-electron chi connectivity index (χ4n) is 1.91. The average molecular weight is 329 g/mol. The first-order chi connectivity index (χ1) is 8.08. The van der Waals surface area contributed by atoms with Crippen LogP contribution in [0.3, 0.4) is 0 Å². The van der Waals surface area contributed by atoms with Gasteiger partial charge in [0.15, 0.2) is 0 Å². The Bertz CT molecular complexity index is 311. The molecular weight excluding hydrogens is 308 g/mol. The van der Waals surface area contributed by atoms with E-state index >= 15 is 0 Å². The van der Waals surface area contributed by atoms with E-state index in [0.29, 0.717) is 26.3 Å². The molecule has 0 aromatic rings. The van der Waals surface area contributed by atoms with Gasteiger partial charge < -0.3 is 4.74 Å². The number of nitrogens with one attached hydrogen (secondary N) is 1. The second kappa shape index (κ2) is 7.68. The molecule has 0 spiro atoms. The van der Waals surface area contributed by atoms with E-state index in [4.69, 9.17) is 4.74 Å². The lowest BCUT2D eigenvalue weighted by molar-refractivity contribution is 0.155. The minimum absolute atomic E-state index is 0.102. The van der Waals surface area contributed by atoms with Crippen molar-refractivity contribution in [1.29, 1.82) is 0 Å². The van der Waals surface area contributed by atoms with Crippen molar-refractivity contribution in [3.8, 4) is 0 Å². The highest BCUT2D eigenvalue weighted by atomic mass is 79.9. The van der Waals surface area contributed by atoms with Gasteiger partial charge in [-0.25, -0.2) is 0 Å². The molecular formula is C10H21BrN2O3S. The molecule has 1 rings (SSSR count). The first kappa shape index (κ1) is 15.4. The van der Waals surface area contributed by atoms with E-state index in [9.17, 15) is 8.42 Å². The van der Waals surface area contributed by atoms with Gasteiger partial charge in [0.1, 0.15) is 0 Å². The predicted octanol–water partition coefficient (Wildman–Crippen LogP) is 1.11. The molecule has 1 heterocycles. The number of ether oxygens (including phenoxy) is 1. The Balaban J connectivity index is 2.34. The van der Waals surface area contributed by atoms with Gasteiger partial charge in [-0.05, 0) is 19.8 Å². The number of rotatable bonds is 7. The van der Waals surface area contributed by atoms with Gasteiger partial charge in [-0.15, -0.1) is 0 Å². The van der Waals surface area contributed by atoms with Crippen molar-refractivity contribution in [1.82, 2.24) is 9.03 Å². The molecule has 1 fully saturated rings. The van der Waals surface area contributed by atoms with Crippen LogP contribution in [0.4, 0.5) is 0 Å². The number of hydrogen-bond donors (Lipinski definition) is 1. The fourth-order valence-corrected chi connectivity index (χ4v) is 3.60. The van der Waals surface area contributed by atoms with Crippen LogP contribution in [-0.4, -0.2) is 50.4 Å². The average Bonchev–Trinajstić information content (AvgIpc) is 2.29. The molecule has 0 radical (unpaired) electrons. The maximum atomic E-state index is 12.0. The summed E-state index contributed by atoms with van der Waals surface area (Å²) in [6.45, 7) is 3.92. The number of hydrogen-bond acceptors (Lipinski definition) is 3. The largest absolute Gasteiger partial charge is 0.379 e. The molecule has 17 heavy (non-hydrogen) atoms. The fraction of sp³-hybridized carbons (Fsp3) is 1.00. The minimum Gasteiger partial charge on any atom is -0.379 e. The molecule has 1 aliphatic heterocycles. The molecule has 0 aromatic heterocycles. The predicted molar refractivity (Wildman–Crippen MR) is 71.6 cm³/mol. The van der Waals surface area contributed by atoms with Crippen molar-refractivity contribution >= 4 is 26.1 Å². The topological polar surface area (TPSA) is 58.6 Å². The molecule has 1 atom stereocenters. The van der Waals surface area contributed by atoms with E-state index < -0.39 is 10.2 Å². The maximum Gasteiger partial charge on any atom is 0.279 e. The molecule has 1 unspecified atom stereocenters. The highest BCUT2D eigenvalue weighted by molar-refractivity contribution is 9.09. The Hall–Kier alpha value is 0.310. The Morgan fingerprint density at radius 2 is 2.18 bits per heavy atom. The van der Waals surface area contributed by atoms with E-state index in [1.165, 1.54) is 0 Å². The van der Waals surface area contributed by atoms with Gasteiger partial charge in [0.2, 0.25) is 0 Å². The summed E-state index contributed by atoms with van der Waals surface area (Å²) in [6.07, 6.45) is 3.01. The number of halogens is 1. The summed E-state index contributed by atoms with van der Waals surface area (Å²) in [5, 5.41) is 0.767. The molecule has 0 bridgehead atoms. The van der Waals surface area contributed by atoms with Crippen LogP contribution in [0.15, 0.2) is 0 Å². The van der Waals surface area contributed by atoms with Gasteiger partial charge in [-0.3, -0.25) is 0 Å². The van der Waals surface area contributed by atoms with E-state index in [1.54, 1.807) is 4.31 Å². The third-order valence-electron chi connectivity index (χ3n) is 2.80. The lowest BCUT2D eigenvalue weighted by Gasteiger charge is -2.32. The lowest BCUT2D eigenvalue weighted by atomic mass is 10.1. The second-order valence-corrected chi connectivity index (χ2v) is 6.66. The SMILES string of the molecule is CC1CCCCN1S(=O)(=O)NCCOCCBr. The molecule has 7 heteroatoms. The van der Waals surface area contributed by atoms with Gasteiger partial charge in [-0.1, -0.05) is 22.4 Å². The Morgan fingerprint density at radius 1 is 1.41 bits per heavy atom. The summed E-state index contributed by atoms with van der Waals surface area (Å²) in [7, 11) is -3.33. The van der Waals surface area contributed by atoms with Crippen molar-refractivity contribution in [2.24, 2.45) is 0 Å². The van der Waals surface area contributed by atoms with Crippen LogP contribution in [0, 0.1) is 0 Å². The Labute approximate surface area is 112 Å². The van der Waals surface area contributed by atoms with Gasteiger partial charge >= 0.3 is 0 Å². The van der Waals surface area contributed by atoms with Crippen LogP contribution < -0.4 is 4.72 Å². The number of piperidine rings is 1. The van der Waals surface area contributed by atoms with Crippen LogP contribution in [0.1, 0.15) is 26.2 Å². The Morgan fingerprint density at radius 3 is 2.82 bits per heavy atom. The van der Waals surface area contributed by atoms with E-state index in [0.717, 1.165) is 24.6 Å². The van der Waals surface area contributed by atoms with Crippen LogP contribution in [0.2, 0.25) is 0 Å². The molecule has 1 aliphatic rings. The molecule has 5 nitrogen and oxygen atoms in total. The summed E-state index contributed by atoms with van der Waals surface area (Å²) >= 11 is 3.24. The summed E-state index contributed by atoms with van der Waals surface area (Å²) in [4.78, 5) is 0. The summed E-state index contributed by atoms with van der Waals surface area (Å²) in [5.41, 5.74) is 0. The van der Waals surface area contributed by atoms with Crippen LogP contribution in [0.25, 0.3) is 0 Å².